The third-order valence-corrected chi connectivity index (χ3v) is 17.0. The first kappa shape index (κ1) is 82.7. The molecule has 2 aliphatic heterocycles. The number of allylic oxidation sites excluding steroid dienone is 18. The van der Waals surface area contributed by atoms with Crippen LogP contribution in [0.15, 0.2) is 109 Å². The molecular formula is C76H131NO13. The molecule has 0 aromatic rings. The molecule has 0 aromatic heterocycles. The number of amides is 1. The van der Waals surface area contributed by atoms with Crippen LogP contribution < -0.4 is 5.32 Å². The van der Waals surface area contributed by atoms with Gasteiger partial charge in [0.1, 0.15) is 48.8 Å². The lowest BCUT2D eigenvalue weighted by atomic mass is 9.97. The van der Waals surface area contributed by atoms with E-state index in [0.717, 1.165) is 103 Å². The van der Waals surface area contributed by atoms with Crippen LogP contribution in [0.5, 0.6) is 0 Å². The van der Waals surface area contributed by atoms with Crippen molar-refractivity contribution in [1.29, 1.82) is 0 Å². The summed E-state index contributed by atoms with van der Waals surface area (Å²) in [5.41, 5.74) is 0. The predicted octanol–water partition coefficient (Wildman–Crippen LogP) is 15.1. The monoisotopic (exact) mass is 1270 g/mol. The predicted molar refractivity (Wildman–Crippen MR) is 369 cm³/mol. The van der Waals surface area contributed by atoms with Crippen LogP contribution in [0.4, 0.5) is 0 Å². The Bertz CT molecular complexity index is 1930. The molecular weight excluding hydrogens is 1130 g/mol. The second-order valence-corrected chi connectivity index (χ2v) is 25.0. The van der Waals surface area contributed by atoms with Gasteiger partial charge in [-0.25, -0.2) is 0 Å². The number of ether oxygens (including phenoxy) is 4. The Balaban J connectivity index is 1.70. The number of aliphatic hydroxyl groups excluding tert-OH is 8. The molecule has 0 bridgehead atoms. The summed E-state index contributed by atoms with van der Waals surface area (Å²) < 4.78 is 22.9. The quantitative estimate of drug-likeness (QED) is 0.0204. The first-order chi connectivity index (χ1) is 44.1. The van der Waals surface area contributed by atoms with Crippen molar-refractivity contribution in [2.45, 2.75) is 344 Å². The summed E-state index contributed by atoms with van der Waals surface area (Å²) in [7, 11) is 0. The molecule has 2 aliphatic rings. The van der Waals surface area contributed by atoms with E-state index in [4.69, 9.17) is 18.9 Å². The van der Waals surface area contributed by atoms with Crippen LogP contribution in [0.3, 0.4) is 0 Å². The van der Waals surface area contributed by atoms with Gasteiger partial charge in [-0.1, -0.05) is 290 Å². The molecule has 518 valence electrons. The van der Waals surface area contributed by atoms with Crippen LogP contribution in [0.1, 0.15) is 271 Å². The maximum Gasteiger partial charge on any atom is 0.220 e. The number of nitrogens with one attached hydrogen (secondary N) is 1. The highest BCUT2D eigenvalue weighted by Crippen LogP contribution is 2.30. The number of unbranched alkanes of at least 4 members (excludes halogenated alkanes) is 27. The van der Waals surface area contributed by atoms with Crippen LogP contribution in [0.25, 0.3) is 0 Å². The third-order valence-electron chi connectivity index (χ3n) is 17.0. The smallest absolute Gasteiger partial charge is 0.220 e. The molecule has 0 aliphatic carbocycles. The summed E-state index contributed by atoms with van der Waals surface area (Å²) in [6, 6.07) is -0.857. The fraction of sp³-hybridized carbons (Fsp3) is 0.750. The minimum Gasteiger partial charge on any atom is -0.394 e. The van der Waals surface area contributed by atoms with E-state index in [1.54, 1.807) is 0 Å². The number of carbonyl (C=O) groups is 1. The summed E-state index contributed by atoms with van der Waals surface area (Å²) >= 11 is 0. The van der Waals surface area contributed by atoms with Crippen LogP contribution >= 0.6 is 0 Å². The molecule has 0 aromatic carbocycles. The summed E-state index contributed by atoms with van der Waals surface area (Å²) in [6.45, 7) is 2.75. The Labute approximate surface area is 546 Å². The maximum absolute atomic E-state index is 13.4. The van der Waals surface area contributed by atoms with Gasteiger partial charge >= 0.3 is 0 Å². The number of hydrogen-bond acceptors (Lipinski definition) is 13. The molecule has 2 fully saturated rings. The summed E-state index contributed by atoms with van der Waals surface area (Å²) in [6.07, 6.45) is 68.1. The molecule has 1 amide bonds. The first-order valence-corrected chi connectivity index (χ1v) is 36.1. The van der Waals surface area contributed by atoms with Crippen LogP contribution in [-0.4, -0.2) is 140 Å². The number of hydrogen-bond donors (Lipinski definition) is 9. The highest BCUT2D eigenvalue weighted by molar-refractivity contribution is 5.76. The van der Waals surface area contributed by atoms with E-state index in [9.17, 15) is 45.6 Å². The van der Waals surface area contributed by atoms with Crippen molar-refractivity contribution in [3.05, 3.63) is 109 Å². The molecule has 12 unspecified atom stereocenters. The standard InChI is InChI=1S/C76H131NO13/c1-3-5-7-9-11-13-15-17-19-21-23-25-27-29-30-31-32-33-34-36-38-40-42-44-46-48-50-52-54-56-58-60-68(81)77-64(63-87-75-73(86)71(84)74(67(62-79)89-75)90-76-72(85)70(83)69(82)66(61-78)88-76)65(80)59-57-55-53-51-49-47-45-43-41-39-37-35-28-26-24-22-20-18-16-14-12-10-8-6-4-2/h5,7,11,13,17,19,23,25,29-30,32-33,36,38,42,44,48,50,64-67,69-76,78-80,82-86H,3-4,6,8-10,12,14-16,18,20-22,24,26-28,31,34-35,37,39-41,43,45-47,49,51-63H2,1-2H3,(H,77,81)/b7-5-,13-11-,19-17-,25-23-,30-29-,33-32-,38-36-,44-42-,50-48-. The SMILES string of the molecule is CC/C=C\C/C=C\C/C=C\C/C=C\C/C=C\C/C=C\C/C=C\C/C=C\C/C=C\CCCCCC(=O)NC(COC1OC(CO)C(OC2OC(CO)C(O)C(O)C2O)C(O)C1O)C(O)CCCCCCCCCCCCCCCCCCCCCCCCCCC. The molecule has 0 spiro atoms. The molecule has 0 radical (unpaired) electrons. The Morgan fingerprint density at radius 1 is 0.411 bits per heavy atom. The highest BCUT2D eigenvalue weighted by Gasteiger charge is 2.51. The Kier molecular flexibility index (Phi) is 54.6. The Morgan fingerprint density at radius 3 is 1.17 bits per heavy atom. The lowest BCUT2D eigenvalue weighted by molar-refractivity contribution is -0.359. The fourth-order valence-corrected chi connectivity index (χ4v) is 11.3. The third kappa shape index (κ3) is 42.8. The minimum absolute atomic E-state index is 0.240. The molecule has 9 N–H and O–H groups in total. The van der Waals surface area contributed by atoms with Crippen molar-refractivity contribution < 1.29 is 64.6 Å². The van der Waals surface area contributed by atoms with Crippen LogP contribution in [0.2, 0.25) is 0 Å². The number of rotatable bonds is 58. The van der Waals surface area contributed by atoms with Crippen molar-refractivity contribution in [2.75, 3.05) is 19.8 Å². The van der Waals surface area contributed by atoms with E-state index < -0.39 is 86.8 Å². The van der Waals surface area contributed by atoms with Crippen LogP contribution in [-0.2, 0) is 23.7 Å². The zero-order valence-electron chi connectivity index (χ0n) is 56.3. The molecule has 2 heterocycles. The maximum atomic E-state index is 13.4. The van der Waals surface area contributed by atoms with Crippen molar-refractivity contribution in [1.82, 2.24) is 5.32 Å². The van der Waals surface area contributed by atoms with Crippen molar-refractivity contribution >= 4 is 5.91 Å². The van der Waals surface area contributed by atoms with Gasteiger partial charge < -0.3 is 65.1 Å². The van der Waals surface area contributed by atoms with Gasteiger partial charge in [-0.05, 0) is 83.5 Å². The van der Waals surface area contributed by atoms with Gasteiger partial charge in [0.15, 0.2) is 12.6 Å². The Morgan fingerprint density at radius 2 is 0.767 bits per heavy atom. The number of aliphatic hydroxyl groups is 8. The molecule has 0 saturated carbocycles. The van der Waals surface area contributed by atoms with E-state index in [0.29, 0.717) is 12.8 Å². The van der Waals surface area contributed by atoms with E-state index in [2.05, 4.69) is 129 Å². The fourth-order valence-electron chi connectivity index (χ4n) is 11.3. The van der Waals surface area contributed by atoms with E-state index in [1.807, 2.05) is 0 Å². The van der Waals surface area contributed by atoms with Crippen molar-refractivity contribution in [3.63, 3.8) is 0 Å². The van der Waals surface area contributed by atoms with Crippen molar-refractivity contribution in [3.8, 4) is 0 Å². The lowest BCUT2D eigenvalue weighted by Gasteiger charge is -2.46. The van der Waals surface area contributed by atoms with Gasteiger partial charge in [-0.3, -0.25) is 4.79 Å². The van der Waals surface area contributed by atoms with Gasteiger partial charge in [0.05, 0.1) is 32.0 Å². The largest absolute Gasteiger partial charge is 0.394 e. The Hall–Kier alpha value is -3.35. The zero-order chi connectivity index (χ0) is 65.2. The molecule has 14 nitrogen and oxygen atoms in total. The van der Waals surface area contributed by atoms with Gasteiger partial charge in [0, 0.05) is 6.42 Å². The molecule has 90 heavy (non-hydrogen) atoms. The average molecular weight is 1270 g/mol. The average Bonchev–Trinajstić information content (AvgIpc) is 1.42. The second-order valence-electron chi connectivity index (χ2n) is 25.0. The molecule has 14 heteroatoms. The second kappa shape index (κ2) is 59.4. The molecule has 2 saturated heterocycles. The topological polar surface area (TPSA) is 228 Å². The first-order valence-electron chi connectivity index (χ1n) is 36.1. The van der Waals surface area contributed by atoms with Crippen LogP contribution in [0, 0.1) is 0 Å². The van der Waals surface area contributed by atoms with Gasteiger partial charge in [-0.2, -0.15) is 0 Å². The van der Waals surface area contributed by atoms with Crippen molar-refractivity contribution in [2.24, 2.45) is 0 Å². The van der Waals surface area contributed by atoms with E-state index >= 15 is 0 Å². The molecule has 12 atom stereocenters. The summed E-state index contributed by atoms with van der Waals surface area (Å²) in [5, 5.41) is 87.7. The highest BCUT2D eigenvalue weighted by atomic mass is 16.7. The zero-order valence-corrected chi connectivity index (χ0v) is 56.3. The van der Waals surface area contributed by atoms with Gasteiger partial charge in [0.25, 0.3) is 0 Å². The summed E-state index contributed by atoms with van der Waals surface area (Å²) in [5.74, 6) is -0.240. The van der Waals surface area contributed by atoms with Gasteiger partial charge in [0.2, 0.25) is 5.91 Å². The minimum atomic E-state index is -1.79. The number of carbonyl (C=O) groups excluding carboxylic acids is 1. The van der Waals surface area contributed by atoms with Gasteiger partial charge in [-0.15, -0.1) is 0 Å². The summed E-state index contributed by atoms with van der Waals surface area (Å²) in [4.78, 5) is 13.4. The van der Waals surface area contributed by atoms with E-state index in [1.165, 1.54) is 135 Å². The molecule has 2 rings (SSSR count). The lowest BCUT2D eigenvalue weighted by Crippen LogP contribution is -2.65. The normalized spacial score (nSPS) is 23.6. The van der Waals surface area contributed by atoms with E-state index in [-0.39, 0.29) is 18.9 Å².